The summed E-state index contributed by atoms with van der Waals surface area (Å²) < 4.78 is 24.9. The van der Waals surface area contributed by atoms with Gasteiger partial charge in [0.25, 0.3) is 0 Å². The molecule has 0 aromatic carbocycles. The van der Waals surface area contributed by atoms with E-state index >= 15 is 0 Å². The molecule has 1 aromatic rings. The highest BCUT2D eigenvalue weighted by atomic mass is 19.1. The van der Waals surface area contributed by atoms with Crippen LogP contribution in [0.15, 0.2) is 18.3 Å². The van der Waals surface area contributed by atoms with Gasteiger partial charge in [0, 0.05) is 12.7 Å². The predicted molar refractivity (Wildman–Crippen MR) is 54.2 cm³/mol. The van der Waals surface area contributed by atoms with E-state index in [0.29, 0.717) is 18.7 Å². The van der Waals surface area contributed by atoms with E-state index in [-0.39, 0.29) is 18.7 Å². The third-order valence-electron chi connectivity index (χ3n) is 3.27. The molecule has 3 heterocycles. The smallest absolute Gasteiger partial charge is 0.148 e. The maximum absolute atomic E-state index is 13.8. The summed E-state index contributed by atoms with van der Waals surface area (Å²) >= 11 is 0. The fourth-order valence-electron chi connectivity index (χ4n) is 2.45. The summed E-state index contributed by atoms with van der Waals surface area (Å²) in [5, 5.41) is 3.21. The molecule has 0 aliphatic carbocycles. The minimum Gasteiger partial charge on any atom is -0.347 e. The molecule has 3 rings (SSSR count). The Morgan fingerprint density at radius 3 is 3.38 bits per heavy atom. The number of halogens is 1. The quantitative estimate of drug-likeness (QED) is 0.765. The summed E-state index contributed by atoms with van der Waals surface area (Å²) in [5.41, 5.74) is -0.324. The van der Waals surface area contributed by atoms with Crippen molar-refractivity contribution < 1.29 is 13.9 Å². The molecule has 1 unspecified atom stereocenters. The molecule has 16 heavy (non-hydrogen) atoms. The standard InChI is InChI=1S/C11H13FN2O2/c12-8-2-1-4-14-10(8)11-3-5-13-6-9(11)15-7-16-11/h1-2,4,9,13H,3,5-7H2/t9-,11?/m1/s1. The topological polar surface area (TPSA) is 43.4 Å². The van der Waals surface area contributed by atoms with Crippen LogP contribution in [0.2, 0.25) is 0 Å². The Kier molecular flexibility index (Phi) is 2.38. The van der Waals surface area contributed by atoms with Crippen LogP contribution in [0.4, 0.5) is 4.39 Å². The average molecular weight is 224 g/mol. The average Bonchev–Trinajstić information content (AvgIpc) is 2.74. The molecule has 0 spiro atoms. The Hall–Kier alpha value is -1.04. The molecule has 86 valence electrons. The summed E-state index contributed by atoms with van der Waals surface area (Å²) in [4.78, 5) is 4.13. The van der Waals surface area contributed by atoms with Gasteiger partial charge in [-0.1, -0.05) is 0 Å². The van der Waals surface area contributed by atoms with Gasteiger partial charge in [-0.2, -0.15) is 0 Å². The van der Waals surface area contributed by atoms with E-state index in [1.807, 2.05) is 0 Å². The summed E-state index contributed by atoms with van der Waals surface area (Å²) in [6.45, 7) is 1.67. The zero-order valence-electron chi connectivity index (χ0n) is 8.78. The van der Waals surface area contributed by atoms with Crippen LogP contribution in [-0.2, 0) is 15.1 Å². The number of pyridine rings is 1. The Labute approximate surface area is 92.8 Å². The highest BCUT2D eigenvalue weighted by Gasteiger charge is 2.51. The zero-order chi connectivity index (χ0) is 11.0. The van der Waals surface area contributed by atoms with E-state index in [1.54, 1.807) is 12.3 Å². The van der Waals surface area contributed by atoms with Crippen LogP contribution in [0.1, 0.15) is 12.1 Å². The second-order valence-electron chi connectivity index (χ2n) is 4.09. The first-order valence-electron chi connectivity index (χ1n) is 5.40. The molecule has 0 radical (unpaired) electrons. The van der Waals surface area contributed by atoms with Crippen LogP contribution in [0.5, 0.6) is 0 Å². The molecule has 0 amide bonds. The van der Waals surface area contributed by atoms with Crippen molar-refractivity contribution in [1.29, 1.82) is 0 Å². The van der Waals surface area contributed by atoms with Crippen LogP contribution in [0.25, 0.3) is 0 Å². The molecule has 1 N–H and O–H groups in total. The van der Waals surface area contributed by atoms with E-state index in [0.717, 1.165) is 6.54 Å². The molecule has 2 aliphatic rings. The molecule has 4 nitrogen and oxygen atoms in total. The highest BCUT2D eigenvalue weighted by Crippen LogP contribution is 2.40. The Morgan fingerprint density at radius 2 is 2.50 bits per heavy atom. The Balaban J connectivity index is 2.05. The van der Waals surface area contributed by atoms with Gasteiger partial charge in [-0.3, -0.25) is 4.98 Å². The maximum Gasteiger partial charge on any atom is 0.148 e. The predicted octanol–water partition coefficient (Wildman–Crippen LogP) is 0.782. The summed E-state index contributed by atoms with van der Waals surface area (Å²) in [7, 11) is 0. The molecule has 2 fully saturated rings. The molecule has 5 heteroatoms. The van der Waals surface area contributed by atoms with E-state index in [2.05, 4.69) is 10.3 Å². The molecular weight excluding hydrogens is 211 g/mol. The first-order chi connectivity index (χ1) is 7.83. The lowest BCUT2D eigenvalue weighted by molar-refractivity contribution is -0.0326. The van der Waals surface area contributed by atoms with Gasteiger partial charge in [0.1, 0.15) is 30.0 Å². The molecule has 2 aliphatic heterocycles. The lowest BCUT2D eigenvalue weighted by Gasteiger charge is -2.36. The van der Waals surface area contributed by atoms with Gasteiger partial charge in [-0.25, -0.2) is 4.39 Å². The van der Waals surface area contributed by atoms with Crippen molar-refractivity contribution in [3.63, 3.8) is 0 Å². The third-order valence-corrected chi connectivity index (χ3v) is 3.27. The minimum atomic E-state index is -0.698. The van der Waals surface area contributed by atoms with Gasteiger partial charge >= 0.3 is 0 Å². The van der Waals surface area contributed by atoms with E-state index < -0.39 is 5.60 Å². The number of nitrogens with one attached hydrogen (secondary N) is 1. The Bertz CT molecular complexity index is 401. The van der Waals surface area contributed by atoms with Crippen LogP contribution < -0.4 is 5.32 Å². The van der Waals surface area contributed by atoms with Gasteiger partial charge < -0.3 is 14.8 Å². The van der Waals surface area contributed by atoms with Crippen molar-refractivity contribution in [2.75, 3.05) is 19.9 Å². The number of hydrogen-bond donors (Lipinski definition) is 1. The van der Waals surface area contributed by atoms with Crippen molar-refractivity contribution >= 4 is 0 Å². The van der Waals surface area contributed by atoms with Crippen LogP contribution in [0, 0.1) is 5.82 Å². The normalized spacial score (nSPS) is 33.7. The number of aromatic nitrogens is 1. The summed E-state index contributed by atoms with van der Waals surface area (Å²) in [6, 6.07) is 3.00. The number of ether oxygens (including phenoxy) is 2. The van der Waals surface area contributed by atoms with Gasteiger partial charge in [0.15, 0.2) is 0 Å². The van der Waals surface area contributed by atoms with E-state index in [1.165, 1.54) is 6.07 Å². The van der Waals surface area contributed by atoms with Gasteiger partial charge in [-0.15, -0.1) is 0 Å². The minimum absolute atomic E-state index is 0.148. The second-order valence-corrected chi connectivity index (χ2v) is 4.09. The molecule has 2 atom stereocenters. The summed E-state index contributed by atoms with van der Waals surface area (Å²) in [5.74, 6) is -0.320. The second kappa shape index (κ2) is 3.76. The van der Waals surface area contributed by atoms with Crippen molar-refractivity contribution in [3.05, 3.63) is 29.8 Å². The molecule has 0 saturated carbocycles. The molecule has 2 saturated heterocycles. The van der Waals surface area contributed by atoms with E-state index in [4.69, 9.17) is 9.47 Å². The number of hydrogen-bond acceptors (Lipinski definition) is 4. The van der Waals surface area contributed by atoms with Crippen molar-refractivity contribution in [2.45, 2.75) is 18.1 Å². The fraction of sp³-hybridized carbons (Fsp3) is 0.545. The number of piperidine rings is 1. The largest absolute Gasteiger partial charge is 0.347 e. The van der Waals surface area contributed by atoms with Crippen molar-refractivity contribution in [1.82, 2.24) is 10.3 Å². The molecular formula is C11H13FN2O2. The van der Waals surface area contributed by atoms with E-state index in [9.17, 15) is 4.39 Å². The van der Waals surface area contributed by atoms with Crippen molar-refractivity contribution in [3.8, 4) is 0 Å². The lowest BCUT2D eigenvalue weighted by atomic mass is 9.86. The third kappa shape index (κ3) is 1.36. The number of fused-ring (bicyclic) bond motifs is 1. The number of rotatable bonds is 1. The summed E-state index contributed by atoms with van der Waals surface area (Å²) in [6.07, 6.45) is 2.13. The first kappa shape index (κ1) is 10.1. The van der Waals surface area contributed by atoms with Gasteiger partial charge in [-0.05, 0) is 25.1 Å². The monoisotopic (exact) mass is 224 g/mol. The zero-order valence-corrected chi connectivity index (χ0v) is 8.78. The maximum atomic E-state index is 13.8. The van der Waals surface area contributed by atoms with Crippen molar-refractivity contribution in [2.24, 2.45) is 0 Å². The first-order valence-corrected chi connectivity index (χ1v) is 5.40. The Morgan fingerprint density at radius 1 is 1.56 bits per heavy atom. The van der Waals surface area contributed by atoms with Crippen LogP contribution in [0.3, 0.4) is 0 Å². The van der Waals surface area contributed by atoms with Crippen LogP contribution in [-0.4, -0.2) is 31.0 Å². The molecule has 0 bridgehead atoms. The number of nitrogens with zero attached hydrogens (tertiary/aromatic N) is 1. The lowest BCUT2D eigenvalue weighted by Crippen LogP contribution is -2.51. The van der Waals surface area contributed by atoms with Crippen LogP contribution >= 0.6 is 0 Å². The van der Waals surface area contributed by atoms with Gasteiger partial charge in [0.2, 0.25) is 0 Å². The SMILES string of the molecule is Fc1cccnc1C12CCNC[C@H]1OCO2. The highest BCUT2D eigenvalue weighted by molar-refractivity contribution is 5.20. The fourth-order valence-corrected chi connectivity index (χ4v) is 2.45. The van der Waals surface area contributed by atoms with Gasteiger partial charge in [0.05, 0.1) is 0 Å². The molecule has 1 aromatic heterocycles.